The summed E-state index contributed by atoms with van der Waals surface area (Å²) in [7, 11) is 0. The Morgan fingerprint density at radius 1 is 0.850 bits per heavy atom. The fourth-order valence-corrected chi connectivity index (χ4v) is 8.47. The molecule has 40 heavy (non-hydrogen) atoms. The first-order chi connectivity index (χ1) is 19.7. The number of nitrogens with zero attached hydrogens (tertiary/aromatic N) is 3. The van der Waals surface area contributed by atoms with Gasteiger partial charge >= 0.3 is 5.97 Å². The van der Waals surface area contributed by atoms with Crippen LogP contribution in [0, 0.1) is 17.8 Å². The molecule has 3 atom stereocenters. The lowest BCUT2D eigenvalue weighted by atomic mass is 9.83. The van der Waals surface area contributed by atoms with Gasteiger partial charge in [-0.05, 0) is 93.0 Å². The average Bonchev–Trinajstić information content (AvgIpc) is 3.40. The Kier molecular flexibility index (Phi) is 9.08. The Hall–Kier alpha value is -2.37. The molecule has 1 aliphatic carbocycles. The third kappa shape index (κ3) is 6.41. The van der Waals surface area contributed by atoms with E-state index in [1.54, 1.807) is 0 Å². The molecule has 2 aromatic carbocycles. The zero-order valence-electron chi connectivity index (χ0n) is 24.3. The highest BCUT2D eigenvalue weighted by Crippen LogP contribution is 2.39. The second kappa shape index (κ2) is 13.1. The van der Waals surface area contributed by atoms with Crippen LogP contribution in [0.5, 0.6) is 0 Å². The summed E-state index contributed by atoms with van der Waals surface area (Å²) in [6.45, 7) is 7.66. The molecule has 216 valence electrons. The standard InChI is InChI=1S/C35H49N3O2/c39-35(40)34(30-13-5-2-6-14-30)38-25-31(32(26-38)28-10-3-1-4-11-28)24-36-21-17-27(18-22-36)19-23-37-20-9-15-29-12-7-8-16-33(29)37/h1,3-4,7-8,10-12,16,27,30-32,34H,2,5-6,9,13-15,17-26H2,(H,39,40)/t31-,32+,34+/m0/s1. The number of anilines is 1. The van der Waals surface area contributed by atoms with Crippen LogP contribution in [-0.4, -0.2) is 72.7 Å². The number of benzene rings is 2. The number of rotatable bonds is 9. The molecule has 2 saturated heterocycles. The Morgan fingerprint density at radius 3 is 2.38 bits per heavy atom. The smallest absolute Gasteiger partial charge is 0.321 e. The molecule has 0 radical (unpaired) electrons. The molecule has 3 heterocycles. The summed E-state index contributed by atoms with van der Waals surface area (Å²) in [6.07, 6.45) is 12.2. The average molecular weight is 544 g/mol. The summed E-state index contributed by atoms with van der Waals surface area (Å²) in [6, 6.07) is 19.6. The van der Waals surface area contributed by atoms with Gasteiger partial charge in [-0.15, -0.1) is 0 Å². The third-order valence-electron chi connectivity index (χ3n) is 10.7. The predicted octanol–water partition coefficient (Wildman–Crippen LogP) is 6.29. The number of carboxylic acids is 1. The minimum atomic E-state index is -0.600. The Bertz CT molecular complexity index is 1090. The monoisotopic (exact) mass is 543 g/mol. The number of likely N-dealkylation sites (tertiary alicyclic amines) is 2. The molecule has 3 aliphatic heterocycles. The fraction of sp³-hybridized carbons (Fsp3) is 0.629. The first-order valence-corrected chi connectivity index (χ1v) is 16.2. The molecule has 0 spiro atoms. The summed E-state index contributed by atoms with van der Waals surface area (Å²) >= 11 is 0. The molecule has 3 fully saturated rings. The van der Waals surface area contributed by atoms with Crippen molar-refractivity contribution in [1.29, 1.82) is 0 Å². The largest absolute Gasteiger partial charge is 0.480 e. The van der Waals surface area contributed by atoms with Crippen molar-refractivity contribution in [2.45, 2.75) is 76.2 Å². The van der Waals surface area contributed by atoms with E-state index < -0.39 is 5.97 Å². The maximum Gasteiger partial charge on any atom is 0.321 e. The lowest BCUT2D eigenvalue weighted by Gasteiger charge is -2.37. The minimum absolute atomic E-state index is 0.309. The van der Waals surface area contributed by atoms with Crippen molar-refractivity contribution in [2.24, 2.45) is 17.8 Å². The van der Waals surface area contributed by atoms with Crippen LogP contribution >= 0.6 is 0 Å². The van der Waals surface area contributed by atoms with E-state index in [1.165, 1.54) is 94.4 Å². The maximum absolute atomic E-state index is 12.6. The molecule has 0 bridgehead atoms. The van der Waals surface area contributed by atoms with Gasteiger partial charge in [-0.25, -0.2) is 0 Å². The highest BCUT2D eigenvalue weighted by Gasteiger charge is 2.43. The van der Waals surface area contributed by atoms with E-state index in [2.05, 4.69) is 69.3 Å². The highest BCUT2D eigenvalue weighted by molar-refractivity contribution is 5.74. The number of hydrogen-bond acceptors (Lipinski definition) is 4. The highest BCUT2D eigenvalue weighted by atomic mass is 16.4. The molecule has 5 nitrogen and oxygen atoms in total. The van der Waals surface area contributed by atoms with Crippen LogP contribution in [0.15, 0.2) is 54.6 Å². The second-order valence-corrected chi connectivity index (χ2v) is 13.2. The van der Waals surface area contributed by atoms with Crippen LogP contribution in [0.1, 0.15) is 74.8 Å². The first-order valence-electron chi connectivity index (χ1n) is 16.2. The van der Waals surface area contributed by atoms with E-state index in [0.717, 1.165) is 38.4 Å². The molecule has 2 aromatic rings. The number of hydrogen-bond donors (Lipinski definition) is 1. The lowest BCUT2D eigenvalue weighted by molar-refractivity contribution is -0.145. The van der Waals surface area contributed by atoms with Crippen molar-refractivity contribution in [3.8, 4) is 0 Å². The molecule has 0 aromatic heterocycles. The summed E-state index contributed by atoms with van der Waals surface area (Å²) in [5.74, 6) is 1.44. The lowest BCUT2D eigenvalue weighted by Crippen LogP contribution is -2.46. The van der Waals surface area contributed by atoms with E-state index in [4.69, 9.17) is 0 Å². The molecule has 0 amide bonds. The van der Waals surface area contributed by atoms with Gasteiger partial charge in [0.25, 0.3) is 0 Å². The van der Waals surface area contributed by atoms with E-state index >= 15 is 0 Å². The fourth-order valence-electron chi connectivity index (χ4n) is 8.47. The SMILES string of the molecule is O=C(O)[C@@H](C1CCCCC1)N1C[C@H](CN2CCC(CCN3CCCc4ccccc43)CC2)[C@@H](c2ccccc2)C1. The molecular weight excluding hydrogens is 494 g/mol. The van der Waals surface area contributed by atoms with Crippen LogP contribution in [0.2, 0.25) is 0 Å². The topological polar surface area (TPSA) is 47.0 Å². The van der Waals surface area contributed by atoms with Crippen molar-refractivity contribution in [3.05, 3.63) is 65.7 Å². The Labute approximate surface area is 241 Å². The second-order valence-electron chi connectivity index (χ2n) is 13.2. The normalized spacial score (nSPS) is 26.1. The van der Waals surface area contributed by atoms with Crippen LogP contribution in [0.3, 0.4) is 0 Å². The minimum Gasteiger partial charge on any atom is -0.480 e. The van der Waals surface area contributed by atoms with Gasteiger partial charge in [-0.2, -0.15) is 0 Å². The van der Waals surface area contributed by atoms with Gasteiger partial charge in [0.05, 0.1) is 0 Å². The predicted molar refractivity (Wildman–Crippen MR) is 163 cm³/mol. The molecule has 1 N–H and O–H groups in total. The van der Waals surface area contributed by atoms with Crippen LogP contribution in [0.25, 0.3) is 0 Å². The number of aliphatic carboxylic acids is 1. The number of carbonyl (C=O) groups is 1. The molecule has 5 heteroatoms. The summed E-state index contributed by atoms with van der Waals surface area (Å²) in [5, 5.41) is 10.3. The van der Waals surface area contributed by atoms with Crippen molar-refractivity contribution < 1.29 is 9.90 Å². The van der Waals surface area contributed by atoms with E-state index in [9.17, 15) is 9.90 Å². The maximum atomic E-state index is 12.6. The van der Waals surface area contributed by atoms with Gasteiger partial charge in [0.2, 0.25) is 0 Å². The number of para-hydroxylation sites is 1. The Balaban J connectivity index is 1.06. The van der Waals surface area contributed by atoms with Gasteiger partial charge in [-0.3, -0.25) is 9.69 Å². The number of aryl methyl sites for hydroxylation is 1. The van der Waals surface area contributed by atoms with Gasteiger partial charge in [0.1, 0.15) is 6.04 Å². The van der Waals surface area contributed by atoms with E-state index in [1.807, 2.05) is 0 Å². The van der Waals surface area contributed by atoms with E-state index in [-0.39, 0.29) is 6.04 Å². The summed E-state index contributed by atoms with van der Waals surface area (Å²) < 4.78 is 0. The van der Waals surface area contributed by atoms with Gasteiger partial charge < -0.3 is 14.9 Å². The zero-order chi connectivity index (χ0) is 27.3. The van der Waals surface area contributed by atoms with Crippen molar-refractivity contribution in [1.82, 2.24) is 9.80 Å². The molecule has 0 unspecified atom stereocenters. The summed E-state index contributed by atoms with van der Waals surface area (Å²) in [4.78, 5) is 20.2. The van der Waals surface area contributed by atoms with E-state index in [0.29, 0.717) is 17.8 Å². The third-order valence-corrected chi connectivity index (χ3v) is 10.7. The first kappa shape index (κ1) is 27.8. The van der Waals surface area contributed by atoms with Gasteiger partial charge in [0.15, 0.2) is 0 Å². The van der Waals surface area contributed by atoms with Crippen molar-refractivity contribution >= 4 is 11.7 Å². The zero-order valence-corrected chi connectivity index (χ0v) is 24.3. The molecule has 6 rings (SSSR count). The number of piperidine rings is 1. The Morgan fingerprint density at radius 2 is 1.60 bits per heavy atom. The van der Waals surface area contributed by atoms with Crippen LogP contribution in [0.4, 0.5) is 5.69 Å². The van der Waals surface area contributed by atoms with Crippen LogP contribution in [-0.2, 0) is 11.2 Å². The quantitative estimate of drug-likeness (QED) is 0.403. The van der Waals surface area contributed by atoms with Crippen molar-refractivity contribution in [2.75, 3.05) is 50.7 Å². The van der Waals surface area contributed by atoms with Gasteiger partial charge in [0, 0.05) is 44.3 Å². The molecular formula is C35H49N3O2. The summed E-state index contributed by atoms with van der Waals surface area (Å²) in [5.41, 5.74) is 4.38. The molecule has 4 aliphatic rings. The van der Waals surface area contributed by atoms with Crippen LogP contribution < -0.4 is 4.90 Å². The van der Waals surface area contributed by atoms with Gasteiger partial charge in [-0.1, -0.05) is 67.8 Å². The van der Waals surface area contributed by atoms with Crippen molar-refractivity contribution in [3.63, 3.8) is 0 Å². The number of carboxylic acid groups (broad SMARTS) is 1. The number of fused-ring (bicyclic) bond motifs is 1. The molecule has 1 saturated carbocycles.